The number of amides is 1. The number of hydrogen-bond acceptors (Lipinski definition) is 4. The maximum absolute atomic E-state index is 12.3. The second-order valence-corrected chi connectivity index (χ2v) is 5.34. The Bertz CT molecular complexity index is 298. The van der Waals surface area contributed by atoms with E-state index in [4.69, 9.17) is 4.74 Å². The summed E-state index contributed by atoms with van der Waals surface area (Å²) in [5.74, 6) is 0.259. The Labute approximate surface area is 115 Å². The Morgan fingerprint density at radius 3 is 2.63 bits per heavy atom. The van der Waals surface area contributed by atoms with E-state index in [0.717, 1.165) is 19.3 Å². The maximum Gasteiger partial charge on any atom is 0.307 e. The van der Waals surface area contributed by atoms with Gasteiger partial charge < -0.3 is 14.4 Å². The predicted molar refractivity (Wildman–Crippen MR) is 71.6 cm³/mol. The molecule has 0 aromatic heterocycles. The van der Waals surface area contributed by atoms with Gasteiger partial charge in [0, 0.05) is 19.7 Å². The number of esters is 1. The molecule has 1 atom stereocenters. The third-order valence-corrected chi connectivity index (χ3v) is 3.31. The summed E-state index contributed by atoms with van der Waals surface area (Å²) in [5.41, 5.74) is 0. The summed E-state index contributed by atoms with van der Waals surface area (Å²) in [6.45, 7) is 5.99. The molecule has 0 spiro atoms. The molecule has 0 aromatic rings. The molecule has 1 unspecified atom stereocenters. The third-order valence-electron chi connectivity index (χ3n) is 3.31. The number of nitrogens with zero attached hydrogens (tertiary/aromatic N) is 1. The molecule has 1 heterocycles. The van der Waals surface area contributed by atoms with Gasteiger partial charge in [0.1, 0.15) is 6.10 Å². The lowest BCUT2D eigenvalue weighted by molar-refractivity contribution is -0.144. The number of carbonyl (C=O) groups excluding carboxylic acids is 2. The minimum absolute atomic E-state index is 0.0158. The van der Waals surface area contributed by atoms with Crippen molar-refractivity contribution in [2.75, 3.05) is 26.8 Å². The molecule has 0 bridgehead atoms. The summed E-state index contributed by atoms with van der Waals surface area (Å²) in [6, 6.07) is 0. The van der Waals surface area contributed by atoms with E-state index in [9.17, 15) is 9.59 Å². The van der Waals surface area contributed by atoms with Gasteiger partial charge in [-0.05, 0) is 25.2 Å². The molecule has 1 rings (SSSR count). The van der Waals surface area contributed by atoms with Crippen LogP contribution in [0.3, 0.4) is 0 Å². The predicted octanol–water partition coefficient (Wildman–Crippen LogP) is 1.60. The van der Waals surface area contributed by atoms with Gasteiger partial charge in [-0.25, -0.2) is 0 Å². The summed E-state index contributed by atoms with van der Waals surface area (Å²) in [5, 5.41) is 0. The fraction of sp³-hybridized carbons (Fsp3) is 0.857. The number of hydrogen-bond donors (Lipinski definition) is 0. The minimum atomic E-state index is -0.315. The van der Waals surface area contributed by atoms with Gasteiger partial charge in [-0.1, -0.05) is 13.8 Å². The van der Waals surface area contributed by atoms with Gasteiger partial charge >= 0.3 is 5.97 Å². The van der Waals surface area contributed by atoms with Gasteiger partial charge in [-0.15, -0.1) is 0 Å². The molecule has 5 heteroatoms. The Kier molecular flexibility index (Phi) is 6.84. The quantitative estimate of drug-likeness (QED) is 0.660. The van der Waals surface area contributed by atoms with E-state index in [1.807, 2.05) is 0 Å². The summed E-state index contributed by atoms with van der Waals surface area (Å²) in [4.78, 5) is 25.3. The number of methoxy groups -OCH3 is 1. The van der Waals surface area contributed by atoms with Gasteiger partial charge in [0.25, 0.3) is 5.91 Å². The number of carbonyl (C=O) groups is 2. The molecule has 5 nitrogen and oxygen atoms in total. The summed E-state index contributed by atoms with van der Waals surface area (Å²) < 4.78 is 10.1. The molecule has 0 aromatic carbocycles. The fourth-order valence-corrected chi connectivity index (χ4v) is 2.05. The van der Waals surface area contributed by atoms with Crippen LogP contribution >= 0.6 is 0 Å². The van der Waals surface area contributed by atoms with Crippen molar-refractivity contribution in [3.8, 4) is 0 Å². The fourth-order valence-electron chi connectivity index (χ4n) is 2.05. The van der Waals surface area contributed by atoms with E-state index in [1.54, 1.807) is 4.90 Å². The van der Waals surface area contributed by atoms with E-state index < -0.39 is 0 Å². The van der Waals surface area contributed by atoms with Gasteiger partial charge in [0.15, 0.2) is 0 Å². The van der Waals surface area contributed by atoms with Crippen molar-refractivity contribution < 1.29 is 19.1 Å². The third kappa shape index (κ3) is 5.59. The highest BCUT2D eigenvalue weighted by Gasteiger charge is 2.28. The van der Waals surface area contributed by atoms with Gasteiger partial charge in [-0.3, -0.25) is 9.59 Å². The van der Waals surface area contributed by atoms with Crippen LogP contribution in [-0.2, 0) is 19.1 Å². The van der Waals surface area contributed by atoms with E-state index in [1.165, 1.54) is 7.11 Å². The first-order valence-electron chi connectivity index (χ1n) is 7.01. The first-order chi connectivity index (χ1) is 9.04. The van der Waals surface area contributed by atoms with Crippen LogP contribution in [0, 0.1) is 5.92 Å². The van der Waals surface area contributed by atoms with Crippen LogP contribution in [0.2, 0.25) is 0 Å². The smallest absolute Gasteiger partial charge is 0.307 e. The molecule has 19 heavy (non-hydrogen) atoms. The van der Waals surface area contributed by atoms with Gasteiger partial charge in [0.05, 0.1) is 13.5 Å². The average Bonchev–Trinajstić information content (AvgIpc) is 2.91. The van der Waals surface area contributed by atoms with Gasteiger partial charge in [0.2, 0.25) is 0 Å². The molecule has 0 saturated carbocycles. The van der Waals surface area contributed by atoms with Crippen molar-refractivity contribution in [3.05, 3.63) is 0 Å². The van der Waals surface area contributed by atoms with Crippen molar-refractivity contribution in [3.63, 3.8) is 0 Å². The van der Waals surface area contributed by atoms with E-state index in [2.05, 4.69) is 18.6 Å². The highest BCUT2D eigenvalue weighted by atomic mass is 16.5. The average molecular weight is 271 g/mol. The second-order valence-electron chi connectivity index (χ2n) is 5.34. The number of rotatable bonds is 7. The summed E-state index contributed by atoms with van der Waals surface area (Å²) in [6.07, 6.45) is 2.58. The Morgan fingerprint density at radius 1 is 1.37 bits per heavy atom. The van der Waals surface area contributed by atoms with Crippen LogP contribution in [0.5, 0.6) is 0 Å². The highest BCUT2D eigenvalue weighted by Crippen LogP contribution is 2.16. The first kappa shape index (κ1) is 16.0. The lowest BCUT2D eigenvalue weighted by atomic mass is 10.1. The zero-order valence-electron chi connectivity index (χ0n) is 12.2. The molecule has 0 radical (unpaired) electrons. The zero-order valence-corrected chi connectivity index (χ0v) is 12.2. The van der Waals surface area contributed by atoms with Crippen LogP contribution in [0.15, 0.2) is 0 Å². The van der Waals surface area contributed by atoms with E-state index >= 15 is 0 Å². The largest absolute Gasteiger partial charge is 0.469 e. The topological polar surface area (TPSA) is 55.8 Å². The SMILES string of the molecule is COC(=O)CCN(CCC(C)C)C(=O)C1CCCO1. The van der Waals surface area contributed by atoms with Crippen molar-refractivity contribution in [1.82, 2.24) is 4.90 Å². The van der Waals surface area contributed by atoms with Gasteiger partial charge in [-0.2, -0.15) is 0 Å². The molecular weight excluding hydrogens is 246 g/mol. The van der Waals surface area contributed by atoms with Crippen LogP contribution in [0.4, 0.5) is 0 Å². The van der Waals surface area contributed by atoms with Crippen molar-refractivity contribution >= 4 is 11.9 Å². The van der Waals surface area contributed by atoms with E-state index in [0.29, 0.717) is 25.6 Å². The molecule has 1 aliphatic rings. The van der Waals surface area contributed by atoms with Crippen molar-refractivity contribution in [1.29, 1.82) is 0 Å². The molecule has 110 valence electrons. The zero-order chi connectivity index (χ0) is 14.3. The van der Waals surface area contributed by atoms with Crippen LogP contribution in [0.25, 0.3) is 0 Å². The molecule has 0 N–H and O–H groups in total. The maximum atomic E-state index is 12.3. The molecule has 0 aliphatic carbocycles. The Hall–Kier alpha value is -1.10. The summed E-state index contributed by atoms with van der Waals surface area (Å²) >= 11 is 0. The van der Waals surface area contributed by atoms with Crippen LogP contribution < -0.4 is 0 Å². The lowest BCUT2D eigenvalue weighted by Gasteiger charge is -2.25. The van der Waals surface area contributed by atoms with Crippen LogP contribution in [0.1, 0.15) is 39.5 Å². The first-order valence-corrected chi connectivity index (χ1v) is 7.01. The Balaban J connectivity index is 2.51. The lowest BCUT2D eigenvalue weighted by Crippen LogP contribution is -2.41. The molecule has 1 saturated heterocycles. The highest BCUT2D eigenvalue weighted by molar-refractivity contribution is 5.81. The normalized spacial score (nSPS) is 18.6. The van der Waals surface area contributed by atoms with E-state index in [-0.39, 0.29) is 24.4 Å². The number of ether oxygens (including phenoxy) is 2. The monoisotopic (exact) mass is 271 g/mol. The standard InChI is InChI=1S/C14H25NO4/c1-11(2)6-8-15(9-7-13(16)18-3)14(17)12-5-4-10-19-12/h11-12H,4-10H2,1-3H3. The summed E-state index contributed by atoms with van der Waals surface area (Å²) in [7, 11) is 1.36. The van der Waals surface area contributed by atoms with Crippen LogP contribution in [-0.4, -0.2) is 49.7 Å². The molecule has 1 fully saturated rings. The second kappa shape index (κ2) is 8.15. The molecule has 1 aliphatic heterocycles. The van der Waals surface area contributed by atoms with Crippen molar-refractivity contribution in [2.45, 2.75) is 45.6 Å². The Morgan fingerprint density at radius 2 is 2.11 bits per heavy atom. The van der Waals surface area contributed by atoms with Crippen molar-refractivity contribution in [2.24, 2.45) is 5.92 Å². The molecular formula is C14H25NO4. The minimum Gasteiger partial charge on any atom is -0.469 e. The molecule has 1 amide bonds.